The maximum absolute atomic E-state index is 4.99. The third-order valence-electron chi connectivity index (χ3n) is 8.40. The van der Waals surface area contributed by atoms with E-state index in [0.717, 1.165) is 45.0 Å². The Hall–Kier alpha value is -4.51. The van der Waals surface area contributed by atoms with E-state index in [0.29, 0.717) is 12.0 Å². The summed E-state index contributed by atoms with van der Waals surface area (Å²) in [5, 5.41) is 12.2. The molecule has 7 aromatic rings. The van der Waals surface area contributed by atoms with Crippen molar-refractivity contribution in [3.8, 4) is 11.1 Å². The van der Waals surface area contributed by atoms with E-state index in [2.05, 4.69) is 116 Å². The zero-order valence-corrected chi connectivity index (χ0v) is 23.6. The van der Waals surface area contributed by atoms with E-state index < -0.39 is 0 Å². The third kappa shape index (κ3) is 3.72. The fraction of sp³-hybridized carbons (Fsp3) is 0.229. The van der Waals surface area contributed by atoms with Crippen molar-refractivity contribution in [2.75, 3.05) is 5.32 Å². The predicted molar refractivity (Wildman–Crippen MR) is 169 cm³/mol. The molecular weight excluding hydrogens is 490 g/mol. The van der Waals surface area contributed by atoms with Gasteiger partial charge in [0.1, 0.15) is 12.2 Å². The second kappa shape index (κ2) is 9.30. The number of anilines is 1. The Kier molecular flexibility index (Phi) is 5.70. The van der Waals surface area contributed by atoms with Crippen molar-refractivity contribution < 1.29 is 0 Å². The lowest BCUT2D eigenvalue weighted by atomic mass is 9.92. The normalized spacial score (nSPS) is 12.8. The maximum Gasteiger partial charge on any atom is 0.116 e. The number of aromatic amines is 1. The van der Waals surface area contributed by atoms with Crippen molar-refractivity contribution in [3.05, 3.63) is 84.6 Å². The second-order valence-corrected chi connectivity index (χ2v) is 11.3. The van der Waals surface area contributed by atoms with Crippen molar-refractivity contribution in [1.82, 2.24) is 19.9 Å². The highest BCUT2D eigenvalue weighted by Crippen LogP contribution is 2.40. The van der Waals surface area contributed by atoms with Crippen LogP contribution in [0.5, 0.6) is 0 Å². The zero-order valence-electron chi connectivity index (χ0n) is 23.6. The largest absolute Gasteiger partial charge is 0.382 e. The topological polar surface area (TPSA) is 66.5 Å². The minimum atomic E-state index is 0.300. The number of hydrogen-bond acceptors (Lipinski definition) is 4. The first kappa shape index (κ1) is 24.5. The number of H-pyrrole nitrogens is 1. The van der Waals surface area contributed by atoms with Gasteiger partial charge in [-0.2, -0.15) is 0 Å². The summed E-state index contributed by atoms with van der Waals surface area (Å²) in [5.41, 5.74) is 7.75. The van der Waals surface area contributed by atoms with Crippen LogP contribution in [0.4, 0.5) is 5.69 Å². The average Bonchev–Trinajstić information content (AvgIpc) is 3.45. The first-order valence-corrected chi connectivity index (χ1v) is 14.2. The number of fused-ring (bicyclic) bond motifs is 9. The molecule has 40 heavy (non-hydrogen) atoms. The molecule has 0 spiro atoms. The van der Waals surface area contributed by atoms with Gasteiger partial charge in [0.05, 0.1) is 16.6 Å². The number of rotatable bonds is 5. The van der Waals surface area contributed by atoms with Gasteiger partial charge < -0.3 is 10.3 Å². The minimum Gasteiger partial charge on any atom is -0.382 e. The molecule has 0 fully saturated rings. The molecule has 2 N–H and O–H groups in total. The summed E-state index contributed by atoms with van der Waals surface area (Å²) < 4.78 is 0. The molecule has 0 amide bonds. The van der Waals surface area contributed by atoms with Crippen LogP contribution >= 0.6 is 0 Å². The van der Waals surface area contributed by atoms with Crippen LogP contribution in [0.15, 0.2) is 73.2 Å². The minimum absolute atomic E-state index is 0.300. The molecule has 7 rings (SSSR count). The van der Waals surface area contributed by atoms with E-state index >= 15 is 0 Å². The zero-order chi connectivity index (χ0) is 27.5. The van der Waals surface area contributed by atoms with E-state index in [1.807, 2.05) is 6.20 Å². The van der Waals surface area contributed by atoms with Crippen LogP contribution in [-0.4, -0.2) is 26.0 Å². The third-order valence-corrected chi connectivity index (χ3v) is 8.40. The molecule has 0 aliphatic carbocycles. The van der Waals surface area contributed by atoms with Gasteiger partial charge in [-0.15, -0.1) is 0 Å². The predicted octanol–water partition coefficient (Wildman–Crippen LogP) is 9.27. The molecule has 0 saturated heterocycles. The van der Waals surface area contributed by atoms with Crippen LogP contribution in [0.25, 0.3) is 65.4 Å². The number of hydrogen-bond donors (Lipinski definition) is 2. The summed E-state index contributed by atoms with van der Waals surface area (Å²) in [6.45, 7) is 11.0. The molecule has 198 valence electrons. The number of benzene rings is 5. The molecule has 5 nitrogen and oxygen atoms in total. The summed E-state index contributed by atoms with van der Waals surface area (Å²) >= 11 is 0. The van der Waals surface area contributed by atoms with Gasteiger partial charge >= 0.3 is 0 Å². The van der Waals surface area contributed by atoms with Gasteiger partial charge in [0, 0.05) is 40.0 Å². The second-order valence-electron chi connectivity index (χ2n) is 11.3. The number of nitrogens with one attached hydrogen (secondary N) is 2. The van der Waals surface area contributed by atoms with Gasteiger partial charge in [-0.05, 0) is 70.6 Å². The summed E-state index contributed by atoms with van der Waals surface area (Å²) in [4.78, 5) is 17.6. The van der Waals surface area contributed by atoms with E-state index in [-0.39, 0.29) is 0 Å². The Labute approximate surface area is 233 Å². The van der Waals surface area contributed by atoms with Gasteiger partial charge in [-0.1, -0.05) is 69.3 Å². The number of imidazole rings is 1. The maximum atomic E-state index is 4.99. The Morgan fingerprint density at radius 1 is 0.775 bits per heavy atom. The number of aromatic nitrogens is 4. The summed E-state index contributed by atoms with van der Waals surface area (Å²) in [6, 6.07) is 22.7. The molecule has 5 aromatic carbocycles. The van der Waals surface area contributed by atoms with Gasteiger partial charge in [0.25, 0.3) is 0 Å². The first-order valence-electron chi connectivity index (χ1n) is 14.2. The monoisotopic (exact) mass is 523 g/mol. The molecule has 2 heterocycles. The van der Waals surface area contributed by atoms with Crippen LogP contribution in [0.1, 0.15) is 51.4 Å². The summed E-state index contributed by atoms with van der Waals surface area (Å²) in [5.74, 6) is 1.28. The fourth-order valence-corrected chi connectivity index (χ4v) is 5.99. The lowest BCUT2D eigenvalue weighted by molar-refractivity contribution is 0.764. The SMILES string of the molecule is CCC(C)Nc1c(C)c2ccccc2c2cc(-c3ccc4c(c3)c3cncnc3c3[nH]c(C(C)C)nc43)ccc12. The van der Waals surface area contributed by atoms with E-state index in [4.69, 9.17) is 4.98 Å². The van der Waals surface area contributed by atoms with Crippen LogP contribution < -0.4 is 5.32 Å². The van der Waals surface area contributed by atoms with Gasteiger partial charge in [-0.25, -0.2) is 15.0 Å². The standard InChI is InChI=1S/C35H33N5/c1-6-20(4)38-31-21(5)24-9-7-8-10-25(24)28-15-22(11-13-26(28)31)23-12-14-27-29(16-23)30-17-36-18-37-32(30)34-33(27)39-35(40-34)19(2)3/h7-20,38H,6H2,1-5H3,(H,39,40). The van der Waals surface area contributed by atoms with Crippen LogP contribution in [-0.2, 0) is 0 Å². The fourth-order valence-electron chi connectivity index (χ4n) is 5.99. The molecule has 5 heteroatoms. The lowest BCUT2D eigenvalue weighted by Crippen LogP contribution is -2.14. The van der Waals surface area contributed by atoms with Crippen LogP contribution in [0, 0.1) is 6.92 Å². The van der Waals surface area contributed by atoms with Crippen LogP contribution in [0.3, 0.4) is 0 Å². The van der Waals surface area contributed by atoms with E-state index in [9.17, 15) is 0 Å². The Morgan fingerprint density at radius 3 is 2.20 bits per heavy atom. The molecule has 2 aromatic heterocycles. The molecule has 0 aliphatic heterocycles. The van der Waals surface area contributed by atoms with Crippen molar-refractivity contribution in [1.29, 1.82) is 0 Å². The van der Waals surface area contributed by atoms with E-state index in [1.165, 1.54) is 43.9 Å². The van der Waals surface area contributed by atoms with Crippen molar-refractivity contribution in [3.63, 3.8) is 0 Å². The van der Waals surface area contributed by atoms with Gasteiger partial charge in [-0.3, -0.25) is 0 Å². The van der Waals surface area contributed by atoms with Crippen molar-refractivity contribution in [2.24, 2.45) is 0 Å². The average molecular weight is 524 g/mol. The Morgan fingerprint density at radius 2 is 1.48 bits per heavy atom. The number of aryl methyl sites for hydroxylation is 1. The highest BCUT2D eigenvalue weighted by Gasteiger charge is 2.17. The molecule has 0 aliphatic rings. The van der Waals surface area contributed by atoms with Crippen molar-refractivity contribution in [2.45, 2.75) is 53.0 Å². The molecule has 0 saturated carbocycles. The summed E-state index contributed by atoms with van der Waals surface area (Å²) in [6.07, 6.45) is 4.62. The number of nitrogens with zero attached hydrogens (tertiary/aromatic N) is 3. The first-order chi connectivity index (χ1) is 19.4. The Balaban J connectivity index is 1.48. The molecule has 1 atom stereocenters. The quantitative estimate of drug-likeness (QED) is 0.221. The smallest absolute Gasteiger partial charge is 0.116 e. The molecule has 0 bridgehead atoms. The van der Waals surface area contributed by atoms with Crippen molar-refractivity contribution >= 4 is 59.9 Å². The van der Waals surface area contributed by atoms with Gasteiger partial charge in [0.15, 0.2) is 0 Å². The lowest BCUT2D eigenvalue weighted by Gasteiger charge is -2.20. The van der Waals surface area contributed by atoms with Gasteiger partial charge in [0.2, 0.25) is 0 Å². The van der Waals surface area contributed by atoms with E-state index in [1.54, 1.807) is 6.33 Å². The van der Waals surface area contributed by atoms with Crippen LogP contribution in [0.2, 0.25) is 0 Å². The Bertz CT molecular complexity index is 2090. The molecular formula is C35H33N5. The highest BCUT2D eigenvalue weighted by atomic mass is 14.9. The summed E-state index contributed by atoms with van der Waals surface area (Å²) in [7, 11) is 0. The molecule has 1 unspecified atom stereocenters. The highest BCUT2D eigenvalue weighted by molar-refractivity contribution is 6.22. The molecule has 0 radical (unpaired) electrons.